The van der Waals surface area contributed by atoms with Crippen LogP contribution in [0.1, 0.15) is 11.1 Å². The van der Waals surface area contributed by atoms with E-state index in [1.54, 1.807) is 6.07 Å². The van der Waals surface area contributed by atoms with E-state index in [0.717, 1.165) is 15.6 Å². The summed E-state index contributed by atoms with van der Waals surface area (Å²) in [5.74, 6) is -2.48. The molecule has 0 saturated carbocycles. The van der Waals surface area contributed by atoms with Gasteiger partial charge in [0.05, 0.1) is 11.4 Å². The maximum Gasteiger partial charge on any atom is 0.245 e. The van der Waals surface area contributed by atoms with Gasteiger partial charge in [0.1, 0.15) is 17.7 Å². The second-order valence-electron chi connectivity index (χ2n) is 7.17. The molecule has 0 bridgehead atoms. The van der Waals surface area contributed by atoms with E-state index in [1.807, 2.05) is 42.5 Å². The van der Waals surface area contributed by atoms with Gasteiger partial charge < -0.3 is 4.90 Å². The van der Waals surface area contributed by atoms with E-state index in [0.29, 0.717) is 23.9 Å². The summed E-state index contributed by atoms with van der Waals surface area (Å²) in [7, 11) is -4.34. The fourth-order valence-electron chi connectivity index (χ4n) is 3.56. The van der Waals surface area contributed by atoms with E-state index < -0.39 is 38.5 Å². The minimum atomic E-state index is -4.34. The first kappa shape index (κ1) is 21.6. The Balaban J connectivity index is 1.69. The summed E-state index contributed by atoms with van der Waals surface area (Å²) in [6.45, 7) is 0.251. The van der Waals surface area contributed by atoms with Crippen LogP contribution in [0.5, 0.6) is 0 Å². The lowest BCUT2D eigenvalue weighted by Crippen LogP contribution is -2.52. The van der Waals surface area contributed by atoms with E-state index in [2.05, 4.69) is 20.7 Å². The van der Waals surface area contributed by atoms with Gasteiger partial charge in [0.25, 0.3) is 0 Å². The van der Waals surface area contributed by atoms with Crippen molar-refractivity contribution < 1.29 is 22.0 Å². The van der Waals surface area contributed by atoms with Crippen LogP contribution in [0.4, 0.5) is 14.5 Å². The highest BCUT2D eigenvalue weighted by atomic mass is 79.9. The van der Waals surface area contributed by atoms with Gasteiger partial charge in [0.15, 0.2) is 0 Å². The van der Waals surface area contributed by atoms with Gasteiger partial charge in [-0.2, -0.15) is 4.72 Å². The van der Waals surface area contributed by atoms with Crippen LogP contribution in [-0.4, -0.2) is 20.4 Å². The predicted molar refractivity (Wildman–Crippen MR) is 116 cm³/mol. The number of nitrogens with zero attached hydrogens (tertiary/aromatic N) is 1. The van der Waals surface area contributed by atoms with E-state index >= 15 is 0 Å². The van der Waals surface area contributed by atoms with Gasteiger partial charge in [-0.15, -0.1) is 0 Å². The van der Waals surface area contributed by atoms with Crippen molar-refractivity contribution in [2.45, 2.75) is 23.9 Å². The molecule has 160 valence electrons. The second kappa shape index (κ2) is 8.49. The van der Waals surface area contributed by atoms with Crippen molar-refractivity contribution in [2.24, 2.45) is 0 Å². The van der Waals surface area contributed by atoms with Crippen molar-refractivity contribution in [3.8, 4) is 0 Å². The summed E-state index contributed by atoms with van der Waals surface area (Å²) >= 11 is 3.40. The zero-order chi connectivity index (χ0) is 22.2. The molecule has 1 atom stereocenters. The molecular weight excluding hydrogens is 490 g/mol. The molecule has 0 unspecified atom stereocenters. The number of fused-ring (bicyclic) bond motifs is 1. The van der Waals surface area contributed by atoms with Gasteiger partial charge in [0.2, 0.25) is 15.9 Å². The summed E-state index contributed by atoms with van der Waals surface area (Å²) < 4.78 is 55.7. The number of hydrogen-bond donors (Lipinski definition) is 1. The second-order valence-corrected chi connectivity index (χ2v) is 9.80. The smallest absolute Gasteiger partial charge is 0.245 e. The molecule has 1 heterocycles. The normalized spacial score (nSPS) is 16.3. The fourth-order valence-corrected chi connectivity index (χ4v) is 5.19. The lowest BCUT2D eigenvalue weighted by Gasteiger charge is -2.34. The maximum absolute atomic E-state index is 13.5. The van der Waals surface area contributed by atoms with Crippen LogP contribution in [0, 0.1) is 11.6 Å². The minimum absolute atomic E-state index is 0.107. The molecule has 1 amide bonds. The number of halogens is 3. The molecule has 1 N–H and O–H groups in total. The van der Waals surface area contributed by atoms with Gasteiger partial charge >= 0.3 is 0 Å². The molecule has 0 aliphatic carbocycles. The third-order valence-electron chi connectivity index (χ3n) is 4.95. The Labute approximate surface area is 186 Å². The number of nitrogens with one attached hydrogen (secondary N) is 1. The summed E-state index contributed by atoms with van der Waals surface area (Å²) in [4.78, 5) is 14.2. The summed E-state index contributed by atoms with van der Waals surface area (Å²) in [5, 5.41) is 0. The van der Waals surface area contributed by atoms with E-state index in [1.165, 1.54) is 4.90 Å². The highest BCUT2D eigenvalue weighted by Gasteiger charge is 2.36. The number of benzene rings is 3. The molecule has 1 aliphatic heterocycles. The van der Waals surface area contributed by atoms with Crippen molar-refractivity contribution in [2.75, 3.05) is 4.90 Å². The van der Waals surface area contributed by atoms with Crippen molar-refractivity contribution in [1.82, 2.24) is 4.72 Å². The zero-order valence-electron chi connectivity index (χ0n) is 16.1. The topological polar surface area (TPSA) is 66.5 Å². The molecule has 4 rings (SSSR count). The zero-order valence-corrected chi connectivity index (χ0v) is 18.5. The lowest BCUT2D eigenvalue weighted by atomic mass is 9.97. The van der Waals surface area contributed by atoms with Crippen LogP contribution in [0.25, 0.3) is 0 Å². The number of sulfonamides is 1. The third-order valence-corrected chi connectivity index (χ3v) is 6.89. The van der Waals surface area contributed by atoms with Crippen LogP contribution < -0.4 is 9.62 Å². The fraction of sp³-hybridized carbons (Fsp3) is 0.136. The average Bonchev–Trinajstić information content (AvgIpc) is 2.71. The van der Waals surface area contributed by atoms with Gasteiger partial charge in [0, 0.05) is 16.2 Å². The van der Waals surface area contributed by atoms with Crippen molar-refractivity contribution in [1.29, 1.82) is 0 Å². The first-order valence-electron chi connectivity index (χ1n) is 9.35. The molecule has 9 heteroatoms. The molecule has 0 radical (unpaired) electrons. The first-order chi connectivity index (χ1) is 14.7. The summed E-state index contributed by atoms with van der Waals surface area (Å²) in [6, 6.07) is 15.6. The Bertz CT molecular complexity index is 1230. The maximum atomic E-state index is 13.5. The quantitative estimate of drug-likeness (QED) is 0.564. The highest BCUT2D eigenvalue weighted by Crippen LogP contribution is 2.32. The number of hydrogen-bond acceptors (Lipinski definition) is 3. The summed E-state index contributed by atoms with van der Waals surface area (Å²) in [5.41, 5.74) is 2.33. The molecule has 0 saturated heterocycles. The summed E-state index contributed by atoms with van der Waals surface area (Å²) in [6.07, 6.45) is 0.107. The Morgan fingerprint density at radius 3 is 2.35 bits per heavy atom. The van der Waals surface area contributed by atoms with E-state index in [9.17, 15) is 22.0 Å². The predicted octanol–water partition coefficient (Wildman–Crippen LogP) is 4.16. The number of amides is 1. The van der Waals surface area contributed by atoms with Crippen molar-refractivity contribution >= 4 is 37.5 Å². The molecule has 31 heavy (non-hydrogen) atoms. The number of carbonyl (C=O) groups is 1. The van der Waals surface area contributed by atoms with Gasteiger partial charge in [-0.05, 0) is 47.9 Å². The number of anilines is 1. The SMILES string of the molecule is O=C1[C@@H](NS(=O)(=O)c2cc(F)cc(F)c2)Cc2cc(Br)ccc2N1Cc1ccccc1. The van der Waals surface area contributed by atoms with Crippen molar-refractivity contribution in [3.05, 3.63) is 94.0 Å². The molecule has 5 nitrogen and oxygen atoms in total. The Morgan fingerprint density at radius 1 is 1.00 bits per heavy atom. The highest BCUT2D eigenvalue weighted by molar-refractivity contribution is 9.10. The molecular formula is C22H17BrF2N2O3S. The van der Waals surface area contributed by atoms with Gasteiger partial charge in [-0.3, -0.25) is 4.79 Å². The molecule has 0 aromatic heterocycles. The standard InChI is InChI=1S/C22H17BrF2N2O3S/c23-16-6-7-21-15(8-16)9-20(22(28)27(21)13-14-4-2-1-3-5-14)26-31(29,30)19-11-17(24)10-18(25)12-19/h1-8,10-12,20,26H,9,13H2/t20-/m0/s1. The van der Waals surface area contributed by atoms with Crippen LogP contribution in [0.3, 0.4) is 0 Å². The minimum Gasteiger partial charge on any atom is -0.306 e. The van der Waals surface area contributed by atoms with Gasteiger partial charge in [-0.1, -0.05) is 46.3 Å². The van der Waals surface area contributed by atoms with Crippen LogP contribution in [-0.2, 0) is 27.8 Å². The molecule has 3 aromatic rings. The monoisotopic (exact) mass is 506 g/mol. The van der Waals surface area contributed by atoms with Crippen molar-refractivity contribution in [3.63, 3.8) is 0 Å². The molecule has 0 spiro atoms. The van der Waals surface area contributed by atoms with Gasteiger partial charge in [-0.25, -0.2) is 17.2 Å². The molecule has 0 fully saturated rings. The Morgan fingerprint density at radius 2 is 1.68 bits per heavy atom. The third kappa shape index (κ3) is 4.68. The molecule has 3 aromatic carbocycles. The van der Waals surface area contributed by atoms with Crippen LogP contribution in [0.15, 0.2) is 76.1 Å². The van der Waals surface area contributed by atoms with E-state index in [4.69, 9.17) is 0 Å². The first-order valence-corrected chi connectivity index (χ1v) is 11.6. The Hall–Kier alpha value is -2.62. The van der Waals surface area contributed by atoms with Crippen LogP contribution >= 0.6 is 15.9 Å². The average molecular weight is 507 g/mol. The number of rotatable bonds is 5. The van der Waals surface area contributed by atoms with Crippen LogP contribution in [0.2, 0.25) is 0 Å². The van der Waals surface area contributed by atoms with E-state index in [-0.39, 0.29) is 13.0 Å². The molecule has 1 aliphatic rings. The lowest BCUT2D eigenvalue weighted by molar-refractivity contribution is -0.120. The Kier molecular flexibility index (Phi) is 5.92. The largest absolute Gasteiger partial charge is 0.306 e. The number of carbonyl (C=O) groups excluding carboxylic acids is 1.